The number of carboxylic acids is 1. The van der Waals surface area contributed by atoms with Crippen LogP contribution in [-0.4, -0.2) is 25.8 Å². The number of rotatable bonds is 5. The predicted octanol–water partition coefficient (Wildman–Crippen LogP) is 2.51. The van der Waals surface area contributed by atoms with Crippen LogP contribution in [0.15, 0.2) is 6.33 Å². The molecule has 0 amide bonds. The Balaban J connectivity index is 2.15. The van der Waals surface area contributed by atoms with Crippen molar-refractivity contribution in [1.82, 2.24) is 14.8 Å². The van der Waals surface area contributed by atoms with Crippen LogP contribution < -0.4 is 0 Å². The van der Waals surface area contributed by atoms with Gasteiger partial charge in [0.1, 0.15) is 12.2 Å². The standard InChI is InChI=1S/C14H23N3O2/c1-3-11-5-7-14(8-6-11,13(18)19)9-12-15-10-16-17(12)4-2/h10-11H,3-9H2,1-2H3,(H,18,19). The first-order valence-corrected chi connectivity index (χ1v) is 7.21. The van der Waals surface area contributed by atoms with E-state index in [2.05, 4.69) is 17.0 Å². The Hall–Kier alpha value is -1.39. The maximum atomic E-state index is 11.7. The lowest BCUT2D eigenvalue weighted by Crippen LogP contribution is -2.38. The van der Waals surface area contributed by atoms with Crippen LogP contribution in [0.2, 0.25) is 0 Å². The van der Waals surface area contributed by atoms with E-state index < -0.39 is 11.4 Å². The summed E-state index contributed by atoms with van der Waals surface area (Å²) in [6, 6.07) is 0. The highest BCUT2D eigenvalue weighted by molar-refractivity contribution is 5.75. The van der Waals surface area contributed by atoms with E-state index in [0.29, 0.717) is 12.3 Å². The summed E-state index contributed by atoms with van der Waals surface area (Å²) in [7, 11) is 0. The molecule has 1 heterocycles. The van der Waals surface area contributed by atoms with Crippen molar-refractivity contribution in [3.8, 4) is 0 Å². The number of aromatic nitrogens is 3. The monoisotopic (exact) mass is 265 g/mol. The quantitative estimate of drug-likeness (QED) is 0.888. The molecule has 1 N–H and O–H groups in total. The Morgan fingerprint density at radius 2 is 2.16 bits per heavy atom. The molecule has 0 bridgehead atoms. The summed E-state index contributed by atoms with van der Waals surface area (Å²) in [5.41, 5.74) is -0.633. The van der Waals surface area contributed by atoms with Gasteiger partial charge in [0.25, 0.3) is 0 Å². The molecule has 0 aliphatic heterocycles. The summed E-state index contributed by atoms with van der Waals surface area (Å²) in [4.78, 5) is 16.0. The summed E-state index contributed by atoms with van der Waals surface area (Å²) < 4.78 is 1.80. The number of carbonyl (C=O) groups is 1. The summed E-state index contributed by atoms with van der Waals surface area (Å²) in [6.07, 6.45) is 6.74. The SMILES string of the molecule is CCC1CCC(Cc2ncnn2CC)(C(=O)O)CC1. The van der Waals surface area contributed by atoms with Gasteiger partial charge in [0.05, 0.1) is 5.41 Å². The van der Waals surface area contributed by atoms with Crippen LogP contribution in [0.25, 0.3) is 0 Å². The van der Waals surface area contributed by atoms with Crippen LogP contribution in [0.3, 0.4) is 0 Å². The minimum Gasteiger partial charge on any atom is -0.481 e. The number of carboxylic acid groups (broad SMARTS) is 1. The highest BCUT2D eigenvalue weighted by Gasteiger charge is 2.42. The second-order valence-corrected chi connectivity index (χ2v) is 5.61. The molecule has 0 saturated heterocycles. The van der Waals surface area contributed by atoms with Crippen molar-refractivity contribution in [1.29, 1.82) is 0 Å². The Bertz CT molecular complexity index is 434. The van der Waals surface area contributed by atoms with Crippen LogP contribution in [0.1, 0.15) is 51.8 Å². The van der Waals surface area contributed by atoms with Crippen LogP contribution >= 0.6 is 0 Å². The molecule has 1 saturated carbocycles. The fourth-order valence-electron chi connectivity index (χ4n) is 3.10. The molecule has 1 aromatic rings. The molecule has 19 heavy (non-hydrogen) atoms. The van der Waals surface area contributed by atoms with Gasteiger partial charge in [-0.2, -0.15) is 5.10 Å². The molecule has 1 fully saturated rings. The average molecular weight is 265 g/mol. The molecular formula is C14H23N3O2. The fraction of sp³-hybridized carbons (Fsp3) is 0.786. The summed E-state index contributed by atoms with van der Waals surface area (Å²) >= 11 is 0. The highest BCUT2D eigenvalue weighted by atomic mass is 16.4. The minimum atomic E-state index is -0.673. The van der Waals surface area contributed by atoms with Crippen molar-refractivity contribution in [2.45, 2.75) is 58.9 Å². The van der Waals surface area contributed by atoms with Crippen LogP contribution in [-0.2, 0) is 17.8 Å². The maximum Gasteiger partial charge on any atom is 0.310 e. The maximum absolute atomic E-state index is 11.7. The average Bonchev–Trinajstić information content (AvgIpc) is 2.86. The lowest BCUT2D eigenvalue weighted by molar-refractivity contribution is -0.151. The predicted molar refractivity (Wildman–Crippen MR) is 71.7 cm³/mol. The molecule has 5 nitrogen and oxygen atoms in total. The minimum absolute atomic E-state index is 0.507. The normalized spacial score (nSPS) is 27.4. The van der Waals surface area contributed by atoms with Crippen molar-refractivity contribution in [2.75, 3.05) is 0 Å². The van der Waals surface area contributed by atoms with Gasteiger partial charge in [-0.15, -0.1) is 0 Å². The lowest BCUT2D eigenvalue weighted by Gasteiger charge is -2.36. The number of hydrogen-bond acceptors (Lipinski definition) is 3. The Kier molecular flexibility index (Phi) is 4.22. The van der Waals surface area contributed by atoms with Crippen molar-refractivity contribution >= 4 is 5.97 Å². The first-order chi connectivity index (χ1) is 9.11. The molecule has 2 rings (SSSR count). The second-order valence-electron chi connectivity index (χ2n) is 5.61. The van der Waals surface area contributed by atoms with Crippen LogP contribution in [0.5, 0.6) is 0 Å². The third-order valence-corrected chi connectivity index (χ3v) is 4.59. The molecule has 1 aliphatic rings. The van der Waals surface area contributed by atoms with E-state index in [-0.39, 0.29) is 0 Å². The van der Waals surface area contributed by atoms with Crippen LogP contribution in [0.4, 0.5) is 0 Å². The first kappa shape index (κ1) is 14.0. The molecule has 106 valence electrons. The molecule has 5 heteroatoms. The summed E-state index contributed by atoms with van der Waals surface area (Å²) in [6.45, 7) is 4.92. The fourth-order valence-corrected chi connectivity index (χ4v) is 3.10. The van der Waals surface area contributed by atoms with Gasteiger partial charge in [-0.25, -0.2) is 4.98 Å². The largest absolute Gasteiger partial charge is 0.481 e. The third kappa shape index (κ3) is 2.80. The van der Waals surface area contributed by atoms with Gasteiger partial charge >= 0.3 is 5.97 Å². The van der Waals surface area contributed by atoms with E-state index >= 15 is 0 Å². The Morgan fingerprint density at radius 3 is 2.68 bits per heavy atom. The lowest BCUT2D eigenvalue weighted by atomic mass is 9.68. The topological polar surface area (TPSA) is 68.0 Å². The summed E-state index contributed by atoms with van der Waals surface area (Å²) in [5.74, 6) is 0.823. The van der Waals surface area contributed by atoms with E-state index in [1.54, 1.807) is 4.68 Å². The van der Waals surface area contributed by atoms with Gasteiger partial charge in [0.2, 0.25) is 0 Å². The van der Waals surface area contributed by atoms with E-state index in [0.717, 1.165) is 44.5 Å². The van der Waals surface area contributed by atoms with E-state index in [9.17, 15) is 9.90 Å². The van der Waals surface area contributed by atoms with Gasteiger partial charge < -0.3 is 5.11 Å². The number of nitrogens with zero attached hydrogens (tertiary/aromatic N) is 3. The number of aryl methyl sites for hydroxylation is 1. The Labute approximate surface area is 114 Å². The van der Waals surface area contributed by atoms with Crippen LogP contribution in [0, 0.1) is 11.3 Å². The van der Waals surface area contributed by atoms with Crippen molar-refractivity contribution < 1.29 is 9.90 Å². The van der Waals surface area contributed by atoms with Crippen molar-refractivity contribution in [3.63, 3.8) is 0 Å². The third-order valence-electron chi connectivity index (χ3n) is 4.59. The molecular weight excluding hydrogens is 242 g/mol. The molecule has 0 spiro atoms. The smallest absolute Gasteiger partial charge is 0.310 e. The van der Waals surface area contributed by atoms with Gasteiger partial charge in [-0.05, 0) is 38.5 Å². The molecule has 0 radical (unpaired) electrons. The first-order valence-electron chi connectivity index (χ1n) is 7.21. The van der Waals surface area contributed by atoms with E-state index in [4.69, 9.17) is 0 Å². The van der Waals surface area contributed by atoms with Gasteiger partial charge in [-0.3, -0.25) is 9.48 Å². The molecule has 0 aromatic carbocycles. The molecule has 0 unspecified atom stereocenters. The van der Waals surface area contributed by atoms with Crippen molar-refractivity contribution in [3.05, 3.63) is 12.2 Å². The second kappa shape index (κ2) is 5.72. The zero-order chi connectivity index (χ0) is 13.9. The summed E-state index contributed by atoms with van der Waals surface area (Å²) in [5, 5.41) is 13.8. The number of aliphatic carboxylic acids is 1. The number of hydrogen-bond donors (Lipinski definition) is 1. The van der Waals surface area contributed by atoms with Gasteiger partial charge in [-0.1, -0.05) is 13.3 Å². The van der Waals surface area contributed by atoms with Gasteiger partial charge in [0, 0.05) is 13.0 Å². The van der Waals surface area contributed by atoms with Gasteiger partial charge in [0.15, 0.2) is 0 Å². The zero-order valence-corrected chi connectivity index (χ0v) is 11.8. The van der Waals surface area contributed by atoms with Crippen molar-refractivity contribution in [2.24, 2.45) is 11.3 Å². The molecule has 1 aliphatic carbocycles. The highest BCUT2D eigenvalue weighted by Crippen LogP contribution is 2.42. The van der Waals surface area contributed by atoms with E-state index in [1.165, 1.54) is 6.33 Å². The zero-order valence-electron chi connectivity index (χ0n) is 11.8. The Morgan fingerprint density at radius 1 is 1.47 bits per heavy atom. The van der Waals surface area contributed by atoms with E-state index in [1.807, 2.05) is 6.92 Å². The molecule has 1 aromatic heterocycles. The molecule has 0 atom stereocenters.